The lowest BCUT2D eigenvalue weighted by atomic mass is 9.98. The number of hydrogen-bond acceptors (Lipinski definition) is 5. The predicted molar refractivity (Wildman–Crippen MR) is 116 cm³/mol. The molecule has 0 aromatic heterocycles. The van der Waals surface area contributed by atoms with Gasteiger partial charge in [-0.1, -0.05) is 25.5 Å². The molecule has 2 saturated heterocycles. The van der Waals surface area contributed by atoms with E-state index in [-0.39, 0.29) is 41.8 Å². The van der Waals surface area contributed by atoms with Gasteiger partial charge in [-0.2, -0.15) is 0 Å². The molecule has 3 amide bonds. The van der Waals surface area contributed by atoms with Crippen molar-refractivity contribution >= 4 is 33.2 Å². The molecule has 3 aliphatic heterocycles. The second kappa shape index (κ2) is 7.93. The van der Waals surface area contributed by atoms with Crippen LogP contribution in [-0.4, -0.2) is 72.2 Å². The maximum atomic E-state index is 13.4. The van der Waals surface area contributed by atoms with Gasteiger partial charge in [-0.05, 0) is 38.3 Å². The van der Waals surface area contributed by atoms with Crippen molar-refractivity contribution in [2.75, 3.05) is 29.5 Å². The highest BCUT2D eigenvalue weighted by Gasteiger charge is 2.53. The number of rotatable bonds is 6. The Morgan fingerprint density at radius 1 is 1.26 bits per heavy atom. The van der Waals surface area contributed by atoms with E-state index in [1.165, 1.54) is 4.90 Å². The summed E-state index contributed by atoms with van der Waals surface area (Å²) in [4.78, 5) is 44.3. The van der Waals surface area contributed by atoms with Crippen LogP contribution < -0.4 is 4.90 Å². The van der Waals surface area contributed by atoms with Crippen molar-refractivity contribution in [3.8, 4) is 0 Å². The molecular formula is C22H29N3O5S. The van der Waals surface area contributed by atoms with Gasteiger partial charge >= 0.3 is 0 Å². The Balaban J connectivity index is 1.64. The van der Waals surface area contributed by atoms with Crippen LogP contribution in [-0.2, 0) is 19.4 Å². The van der Waals surface area contributed by atoms with Gasteiger partial charge in [0.15, 0.2) is 9.84 Å². The topological polar surface area (TPSA) is 95.1 Å². The number of amides is 3. The lowest BCUT2D eigenvalue weighted by molar-refractivity contribution is -0.135. The molecule has 2 fully saturated rings. The van der Waals surface area contributed by atoms with Crippen LogP contribution in [0.25, 0.3) is 0 Å². The number of fused-ring (bicyclic) bond motifs is 3. The smallest absolute Gasteiger partial charge is 0.258 e. The molecule has 0 radical (unpaired) electrons. The number of anilines is 1. The first-order valence-electron chi connectivity index (χ1n) is 10.9. The molecule has 2 atom stereocenters. The van der Waals surface area contributed by atoms with Crippen LogP contribution in [0.5, 0.6) is 0 Å². The van der Waals surface area contributed by atoms with Crippen LogP contribution in [0.4, 0.5) is 5.69 Å². The van der Waals surface area contributed by atoms with Crippen LogP contribution in [0.3, 0.4) is 0 Å². The normalized spacial score (nSPS) is 26.7. The van der Waals surface area contributed by atoms with E-state index in [9.17, 15) is 22.8 Å². The van der Waals surface area contributed by atoms with E-state index in [1.54, 1.807) is 34.1 Å². The molecule has 0 saturated carbocycles. The SMILES string of the molecule is CCCCN(C(=O)CN1C(=O)c2ccccc2N2C(=O)CCC12C)C1CCS(=O)(=O)C1. The molecule has 3 heterocycles. The molecule has 0 bridgehead atoms. The molecule has 0 aliphatic carbocycles. The fourth-order valence-electron chi connectivity index (χ4n) is 5.03. The average molecular weight is 448 g/mol. The first-order valence-corrected chi connectivity index (χ1v) is 12.7. The number of sulfone groups is 1. The molecular weight excluding hydrogens is 418 g/mol. The molecule has 3 aliphatic rings. The lowest BCUT2D eigenvalue weighted by Crippen LogP contribution is -2.64. The predicted octanol–water partition coefficient (Wildman–Crippen LogP) is 1.80. The maximum Gasteiger partial charge on any atom is 0.258 e. The number of nitrogens with zero attached hydrogens (tertiary/aromatic N) is 3. The Bertz CT molecular complexity index is 1020. The zero-order valence-corrected chi connectivity index (χ0v) is 18.9. The zero-order chi connectivity index (χ0) is 22.4. The van der Waals surface area contributed by atoms with Crippen LogP contribution in [0.15, 0.2) is 24.3 Å². The Morgan fingerprint density at radius 3 is 2.68 bits per heavy atom. The molecule has 2 unspecified atom stereocenters. The van der Waals surface area contributed by atoms with E-state index in [2.05, 4.69) is 0 Å². The molecule has 1 aromatic rings. The quantitative estimate of drug-likeness (QED) is 0.663. The van der Waals surface area contributed by atoms with Crippen molar-refractivity contribution < 1.29 is 22.8 Å². The van der Waals surface area contributed by atoms with Crippen molar-refractivity contribution in [3.05, 3.63) is 29.8 Å². The van der Waals surface area contributed by atoms with Gasteiger partial charge in [-0.15, -0.1) is 0 Å². The van der Waals surface area contributed by atoms with E-state index in [0.717, 1.165) is 12.8 Å². The molecule has 1 aromatic carbocycles. The summed E-state index contributed by atoms with van der Waals surface area (Å²) in [5, 5.41) is 0. The second-order valence-electron chi connectivity index (χ2n) is 8.85. The van der Waals surface area contributed by atoms with E-state index in [0.29, 0.717) is 37.1 Å². The second-order valence-corrected chi connectivity index (χ2v) is 11.1. The number of benzene rings is 1. The minimum Gasteiger partial charge on any atom is -0.337 e. The molecule has 4 rings (SSSR count). The van der Waals surface area contributed by atoms with Crippen LogP contribution in [0.2, 0.25) is 0 Å². The van der Waals surface area contributed by atoms with Crippen molar-refractivity contribution in [1.29, 1.82) is 0 Å². The summed E-state index contributed by atoms with van der Waals surface area (Å²) in [6, 6.07) is 6.64. The Hall–Kier alpha value is -2.42. The number of carbonyl (C=O) groups excluding carboxylic acids is 3. The Labute approximate surface area is 183 Å². The highest BCUT2D eigenvalue weighted by molar-refractivity contribution is 7.91. The van der Waals surface area contributed by atoms with Crippen molar-refractivity contribution in [1.82, 2.24) is 9.80 Å². The summed E-state index contributed by atoms with van der Waals surface area (Å²) >= 11 is 0. The van der Waals surface area contributed by atoms with Crippen LogP contribution >= 0.6 is 0 Å². The van der Waals surface area contributed by atoms with Gasteiger partial charge in [-0.3, -0.25) is 19.3 Å². The monoisotopic (exact) mass is 447 g/mol. The fraction of sp³-hybridized carbons (Fsp3) is 0.591. The van der Waals surface area contributed by atoms with Gasteiger partial charge in [0.25, 0.3) is 5.91 Å². The van der Waals surface area contributed by atoms with Gasteiger partial charge < -0.3 is 9.80 Å². The van der Waals surface area contributed by atoms with E-state index in [1.807, 2.05) is 13.8 Å². The van der Waals surface area contributed by atoms with Crippen LogP contribution in [0, 0.1) is 0 Å². The molecule has 31 heavy (non-hydrogen) atoms. The minimum absolute atomic E-state index is 0.0267. The first-order chi connectivity index (χ1) is 14.7. The third kappa shape index (κ3) is 3.73. The number of unbranched alkanes of at least 4 members (excludes halogenated alkanes) is 1. The van der Waals surface area contributed by atoms with Gasteiger partial charge in [-0.25, -0.2) is 8.42 Å². The lowest BCUT2D eigenvalue weighted by Gasteiger charge is -2.48. The van der Waals surface area contributed by atoms with Gasteiger partial charge in [0, 0.05) is 19.0 Å². The molecule has 9 heteroatoms. The average Bonchev–Trinajstić information content (AvgIpc) is 3.24. The van der Waals surface area contributed by atoms with E-state index >= 15 is 0 Å². The van der Waals surface area contributed by atoms with Gasteiger partial charge in [0.05, 0.1) is 22.8 Å². The Kier molecular flexibility index (Phi) is 5.57. The molecule has 0 N–H and O–H groups in total. The summed E-state index contributed by atoms with van der Waals surface area (Å²) in [6.07, 6.45) is 2.83. The highest BCUT2D eigenvalue weighted by atomic mass is 32.2. The molecule has 0 spiro atoms. The summed E-state index contributed by atoms with van der Waals surface area (Å²) in [6.45, 7) is 4.14. The molecule has 168 valence electrons. The van der Waals surface area contributed by atoms with Crippen LogP contribution in [0.1, 0.15) is 56.3 Å². The van der Waals surface area contributed by atoms with Crippen molar-refractivity contribution in [2.24, 2.45) is 0 Å². The standard InChI is InChI=1S/C22H29N3O5S/c1-3-4-12-23(16-10-13-31(29,30)15-16)20(27)14-24-21(28)17-7-5-6-8-18(17)25-19(26)9-11-22(24,25)2/h5-8,16H,3-4,9-15H2,1-2H3. The Morgan fingerprint density at radius 2 is 2.00 bits per heavy atom. The summed E-state index contributed by atoms with van der Waals surface area (Å²) in [5.74, 6) is -0.537. The number of carbonyl (C=O) groups is 3. The highest BCUT2D eigenvalue weighted by Crippen LogP contribution is 2.44. The first kappa shape index (κ1) is 21.8. The maximum absolute atomic E-state index is 13.4. The summed E-state index contributed by atoms with van der Waals surface area (Å²) in [7, 11) is -3.14. The number of para-hydroxylation sites is 1. The fourth-order valence-corrected chi connectivity index (χ4v) is 6.76. The van der Waals surface area contributed by atoms with E-state index < -0.39 is 15.5 Å². The van der Waals surface area contributed by atoms with Gasteiger partial charge in [0.1, 0.15) is 12.2 Å². The third-order valence-electron chi connectivity index (χ3n) is 6.76. The third-order valence-corrected chi connectivity index (χ3v) is 8.51. The van der Waals surface area contributed by atoms with Gasteiger partial charge in [0.2, 0.25) is 11.8 Å². The molecule has 8 nitrogen and oxygen atoms in total. The zero-order valence-electron chi connectivity index (χ0n) is 18.0. The largest absolute Gasteiger partial charge is 0.337 e. The number of hydrogen-bond donors (Lipinski definition) is 0. The minimum atomic E-state index is -3.14. The summed E-state index contributed by atoms with van der Waals surface area (Å²) in [5.41, 5.74) is 0.0913. The van der Waals surface area contributed by atoms with Crippen molar-refractivity contribution in [2.45, 2.75) is 57.7 Å². The van der Waals surface area contributed by atoms with Crippen molar-refractivity contribution in [3.63, 3.8) is 0 Å². The van der Waals surface area contributed by atoms with E-state index in [4.69, 9.17) is 0 Å². The summed E-state index contributed by atoms with van der Waals surface area (Å²) < 4.78 is 24.0.